The third kappa shape index (κ3) is 5.73. The number of aliphatic imine (C=N–C) groups is 1. The third-order valence-corrected chi connectivity index (χ3v) is 4.94. The van der Waals surface area contributed by atoms with Crippen molar-refractivity contribution in [2.75, 3.05) is 21.0 Å². The maximum Gasteiger partial charge on any atom is 0.502 e. The molecule has 0 fully saturated rings. The van der Waals surface area contributed by atoms with E-state index in [0.29, 0.717) is 5.92 Å². The molecule has 0 saturated carbocycles. The SMILES string of the molecule is CO[Si](CC(C)C)(OC)OCN=C(N)N. The first-order chi connectivity index (χ1) is 6.95. The molecule has 90 valence electrons. The van der Waals surface area contributed by atoms with E-state index in [2.05, 4.69) is 18.8 Å². The molecular formula is C8H21N3O3Si. The van der Waals surface area contributed by atoms with Gasteiger partial charge < -0.3 is 24.7 Å². The lowest BCUT2D eigenvalue weighted by molar-refractivity contribution is 0.0980. The summed E-state index contributed by atoms with van der Waals surface area (Å²) in [6.07, 6.45) is 0. The number of nitrogens with two attached hydrogens (primary N) is 2. The van der Waals surface area contributed by atoms with Crippen molar-refractivity contribution in [3.05, 3.63) is 0 Å². The molecule has 15 heavy (non-hydrogen) atoms. The number of rotatable bonds is 7. The van der Waals surface area contributed by atoms with Gasteiger partial charge in [0.1, 0.15) is 6.73 Å². The Balaban J connectivity index is 4.30. The normalized spacial score (nSPS) is 11.8. The van der Waals surface area contributed by atoms with Crippen LogP contribution in [0.15, 0.2) is 4.99 Å². The largest absolute Gasteiger partial charge is 0.502 e. The highest BCUT2D eigenvalue weighted by atomic mass is 28.4. The molecule has 6 nitrogen and oxygen atoms in total. The first-order valence-corrected chi connectivity index (χ1v) is 6.68. The summed E-state index contributed by atoms with van der Waals surface area (Å²) in [5.41, 5.74) is 10.4. The molecule has 0 aliphatic rings. The summed E-state index contributed by atoms with van der Waals surface area (Å²) in [5.74, 6) is 0.422. The summed E-state index contributed by atoms with van der Waals surface area (Å²) in [6, 6.07) is 0.736. The van der Waals surface area contributed by atoms with E-state index in [0.717, 1.165) is 6.04 Å². The van der Waals surface area contributed by atoms with Crippen LogP contribution in [0.1, 0.15) is 13.8 Å². The maximum atomic E-state index is 5.50. The Morgan fingerprint density at radius 1 is 1.27 bits per heavy atom. The summed E-state index contributed by atoms with van der Waals surface area (Å²) < 4.78 is 16.1. The Hall–Kier alpha value is -0.633. The van der Waals surface area contributed by atoms with Gasteiger partial charge in [0.25, 0.3) is 0 Å². The van der Waals surface area contributed by atoms with Crippen LogP contribution in [0, 0.1) is 5.92 Å². The molecule has 0 bridgehead atoms. The van der Waals surface area contributed by atoms with Gasteiger partial charge in [0, 0.05) is 20.3 Å². The molecule has 4 N–H and O–H groups in total. The van der Waals surface area contributed by atoms with Crippen LogP contribution in [0.4, 0.5) is 0 Å². The fourth-order valence-corrected chi connectivity index (χ4v) is 3.25. The Morgan fingerprint density at radius 3 is 2.13 bits per heavy atom. The number of hydrogen-bond donors (Lipinski definition) is 2. The second-order valence-corrected chi connectivity index (χ2v) is 6.43. The summed E-state index contributed by atoms with van der Waals surface area (Å²) in [5, 5.41) is 0. The predicted molar refractivity (Wildman–Crippen MR) is 61.2 cm³/mol. The lowest BCUT2D eigenvalue weighted by Gasteiger charge is -2.26. The fraction of sp³-hybridized carbons (Fsp3) is 0.875. The molecular weight excluding hydrogens is 214 g/mol. The van der Waals surface area contributed by atoms with Gasteiger partial charge in [-0.15, -0.1) is 0 Å². The minimum atomic E-state index is -2.59. The maximum absolute atomic E-state index is 5.50. The Bertz CT molecular complexity index is 203. The van der Waals surface area contributed by atoms with Crippen LogP contribution < -0.4 is 11.5 Å². The molecule has 7 heteroatoms. The van der Waals surface area contributed by atoms with Crippen molar-refractivity contribution in [2.45, 2.75) is 19.9 Å². The average Bonchev–Trinajstić information content (AvgIpc) is 2.15. The van der Waals surface area contributed by atoms with Crippen LogP contribution in [0.2, 0.25) is 6.04 Å². The van der Waals surface area contributed by atoms with E-state index in [1.54, 1.807) is 14.2 Å². The quantitative estimate of drug-likeness (QED) is 0.371. The van der Waals surface area contributed by atoms with Gasteiger partial charge in [-0.1, -0.05) is 13.8 Å². The smallest absolute Gasteiger partial charge is 0.377 e. The van der Waals surface area contributed by atoms with Crippen LogP contribution in [0.25, 0.3) is 0 Å². The number of nitrogens with zero attached hydrogens (tertiary/aromatic N) is 1. The molecule has 0 aliphatic carbocycles. The lowest BCUT2D eigenvalue weighted by Crippen LogP contribution is -2.45. The van der Waals surface area contributed by atoms with E-state index in [1.807, 2.05) is 0 Å². The monoisotopic (exact) mass is 235 g/mol. The van der Waals surface area contributed by atoms with Gasteiger partial charge in [0.05, 0.1) is 0 Å². The predicted octanol–water partition coefficient (Wildman–Crippen LogP) is 0.122. The first-order valence-electron chi connectivity index (χ1n) is 4.75. The van der Waals surface area contributed by atoms with Gasteiger partial charge in [-0.05, 0) is 5.92 Å². The second-order valence-electron chi connectivity index (χ2n) is 3.55. The van der Waals surface area contributed by atoms with Crippen molar-refractivity contribution >= 4 is 14.8 Å². The summed E-state index contributed by atoms with van der Waals surface area (Å²) in [6.45, 7) is 4.22. The Labute approximate surface area is 92.0 Å². The topological polar surface area (TPSA) is 92.1 Å². The van der Waals surface area contributed by atoms with Gasteiger partial charge in [0.15, 0.2) is 5.96 Å². The summed E-state index contributed by atoms with van der Waals surface area (Å²) in [4.78, 5) is 3.74. The average molecular weight is 235 g/mol. The minimum absolute atomic E-state index is 0.00495. The molecule has 0 amide bonds. The van der Waals surface area contributed by atoms with Crippen molar-refractivity contribution in [3.8, 4) is 0 Å². The van der Waals surface area contributed by atoms with Crippen molar-refractivity contribution in [1.82, 2.24) is 0 Å². The third-order valence-electron chi connectivity index (χ3n) is 1.81. The molecule has 0 spiro atoms. The molecule has 0 aromatic heterocycles. The van der Waals surface area contributed by atoms with E-state index in [4.69, 9.17) is 24.7 Å². The van der Waals surface area contributed by atoms with Crippen molar-refractivity contribution in [2.24, 2.45) is 22.4 Å². The van der Waals surface area contributed by atoms with Crippen LogP contribution in [0.3, 0.4) is 0 Å². The minimum Gasteiger partial charge on any atom is -0.377 e. The highest BCUT2D eigenvalue weighted by Gasteiger charge is 2.39. The molecule has 0 aromatic rings. The number of hydrogen-bond acceptors (Lipinski definition) is 4. The van der Waals surface area contributed by atoms with Gasteiger partial charge in [-0.2, -0.15) is 0 Å². The Kier molecular flexibility index (Phi) is 6.49. The van der Waals surface area contributed by atoms with E-state index < -0.39 is 8.80 Å². The van der Waals surface area contributed by atoms with Gasteiger partial charge >= 0.3 is 8.80 Å². The molecule has 0 saturated heterocycles. The van der Waals surface area contributed by atoms with Gasteiger partial charge in [0.2, 0.25) is 0 Å². The van der Waals surface area contributed by atoms with Gasteiger partial charge in [-0.3, -0.25) is 0 Å². The van der Waals surface area contributed by atoms with Crippen molar-refractivity contribution in [1.29, 1.82) is 0 Å². The van der Waals surface area contributed by atoms with Crippen LogP contribution >= 0.6 is 0 Å². The van der Waals surface area contributed by atoms with E-state index in [9.17, 15) is 0 Å². The van der Waals surface area contributed by atoms with Gasteiger partial charge in [-0.25, -0.2) is 4.99 Å². The zero-order valence-corrected chi connectivity index (χ0v) is 10.8. The standard InChI is InChI=1S/C8H21N3O3Si/c1-7(2)5-15(12-3,13-4)14-6-11-8(9)10/h7H,5-6H2,1-4H3,(H4,9,10,11). The molecule has 0 unspecified atom stereocenters. The molecule has 0 heterocycles. The zero-order chi connectivity index (χ0) is 11.9. The molecule has 0 atom stereocenters. The van der Waals surface area contributed by atoms with Crippen molar-refractivity contribution in [3.63, 3.8) is 0 Å². The molecule has 0 rings (SSSR count). The highest BCUT2D eigenvalue weighted by molar-refractivity contribution is 6.60. The van der Waals surface area contributed by atoms with E-state index in [-0.39, 0.29) is 12.7 Å². The first kappa shape index (κ1) is 14.4. The van der Waals surface area contributed by atoms with Crippen LogP contribution in [-0.4, -0.2) is 35.7 Å². The Morgan fingerprint density at radius 2 is 1.80 bits per heavy atom. The molecule has 0 aliphatic heterocycles. The van der Waals surface area contributed by atoms with Crippen molar-refractivity contribution < 1.29 is 13.3 Å². The lowest BCUT2D eigenvalue weighted by atomic mass is 10.3. The summed E-state index contributed by atoms with van der Waals surface area (Å²) >= 11 is 0. The fourth-order valence-electron chi connectivity index (χ4n) is 1.13. The zero-order valence-electron chi connectivity index (χ0n) is 9.82. The molecule has 0 radical (unpaired) electrons. The number of guanidine groups is 1. The second kappa shape index (κ2) is 6.78. The van der Waals surface area contributed by atoms with Crippen LogP contribution in [0.5, 0.6) is 0 Å². The van der Waals surface area contributed by atoms with Crippen LogP contribution in [-0.2, 0) is 13.3 Å². The van der Waals surface area contributed by atoms with E-state index >= 15 is 0 Å². The summed E-state index contributed by atoms with van der Waals surface area (Å²) in [7, 11) is 0.562. The molecule has 0 aromatic carbocycles. The van der Waals surface area contributed by atoms with E-state index in [1.165, 1.54) is 0 Å². The highest BCUT2D eigenvalue weighted by Crippen LogP contribution is 2.19.